The van der Waals surface area contributed by atoms with Gasteiger partial charge < -0.3 is 5.32 Å². The highest BCUT2D eigenvalue weighted by molar-refractivity contribution is 7.15. The average molecular weight is 270 g/mol. The summed E-state index contributed by atoms with van der Waals surface area (Å²) in [5.41, 5.74) is 1.67. The van der Waals surface area contributed by atoms with Crippen molar-refractivity contribution in [1.29, 1.82) is 5.26 Å². The molecule has 0 radical (unpaired) electrons. The van der Waals surface area contributed by atoms with Crippen molar-refractivity contribution in [1.82, 2.24) is 5.32 Å². The van der Waals surface area contributed by atoms with Gasteiger partial charge >= 0.3 is 0 Å². The first kappa shape index (κ1) is 13.3. The highest BCUT2D eigenvalue weighted by atomic mass is 32.1. The standard InChI is InChI=1S/C15H14N2OS/c1-11(18)17-9-8-13-6-7-15(19-13)14-5-3-2-4-12(14)10-16/h2-7H,8-9H2,1H3,(H,17,18). The Labute approximate surface area is 116 Å². The van der Waals surface area contributed by atoms with Crippen LogP contribution in [0.2, 0.25) is 0 Å². The van der Waals surface area contributed by atoms with Crippen LogP contribution in [0.15, 0.2) is 36.4 Å². The smallest absolute Gasteiger partial charge is 0.216 e. The fourth-order valence-electron chi connectivity index (χ4n) is 1.81. The summed E-state index contributed by atoms with van der Waals surface area (Å²) in [6, 6.07) is 13.9. The van der Waals surface area contributed by atoms with Gasteiger partial charge in [-0.3, -0.25) is 4.79 Å². The van der Waals surface area contributed by atoms with Gasteiger partial charge in [-0.25, -0.2) is 0 Å². The van der Waals surface area contributed by atoms with E-state index in [1.807, 2.05) is 30.3 Å². The van der Waals surface area contributed by atoms with Crippen LogP contribution in [0.4, 0.5) is 0 Å². The zero-order valence-electron chi connectivity index (χ0n) is 10.6. The van der Waals surface area contributed by atoms with Gasteiger partial charge in [-0.2, -0.15) is 5.26 Å². The summed E-state index contributed by atoms with van der Waals surface area (Å²) in [6.07, 6.45) is 0.818. The number of nitriles is 1. The number of benzene rings is 1. The van der Waals surface area contributed by atoms with Crippen LogP contribution in [-0.4, -0.2) is 12.5 Å². The lowest BCUT2D eigenvalue weighted by atomic mass is 10.1. The SMILES string of the molecule is CC(=O)NCCc1ccc(-c2ccccc2C#N)s1. The number of hydrogen-bond donors (Lipinski definition) is 1. The maximum atomic E-state index is 10.8. The molecule has 2 rings (SSSR count). The topological polar surface area (TPSA) is 52.9 Å². The van der Waals surface area contributed by atoms with Crippen LogP contribution in [0.25, 0.3) is 10.4 Å². The molecule has 0 aliphatic rings. The molecule has 0 bridgehead atoms. The van der Waals surface area contributed by atoms with Crippen molar-refractivity contribution in [2.45, 2.75) is 13.3 Å². The number of hydrogen-bond acceptors (Lipinski definition) is 3. The predicted octanol–water partition coefficient (Wildman–Crippen LogP) is 2.97. The normalized spacial score (nSPS) is 9.89. The first-order chi connectivity index (χ1) is 9.20. The summed E-state index contributed by atoms with van der Waals surface area (Å²) in [5, 5.41) is 11.9. The zero-order valence-corrected chi connectivity index (χ0v) is 11.5. The number of thiophene rings is 1. The van der Waals surface area contributed by atoms with Crippen LogP contribution in [0.3, 0.4) is 0 Å². The Kier molecular flexibility index (Phi) is 4.32. The predicted molar refractivity (Wildman–Crippen MR) is 76.9 cm³/mol. The van der Waals surface area contributed by atoms with Crippen LogP contribution < -0.4 is 5.32 Å². The minimum absolute atomic E-state index is 0.00777. The molecule has 0 spiro atoms. The second-order valence-corrected chi connectivity index (χ2v) is 5.32. The van der Waals surface area contributed by atoms with E-state index in [-0.39, 0.29) is 5.91 Å². The van der Waals surface area contributed by atoms with Crippen molar-refractivity contribution in [2.75, 3.05) is 6.54 Å². The highest BCUT2D eigenvalue weighted by Crippen LogP contribution is 2.30. The molecule has 0 saturated carbocycles. The average Bonchev–Trinajstić information content (AvgIpc) is 2.87. The molecule has 1 aromatic heterocycles. The monoisotopic (exact) mass is 270 g/mol. The third-order valence-electron chi connectivity index (χ3n) is 2.72. The van der Waals surface area contributed by atoms with Crippen molar-refractivity contribution in [3.05, 3.63) is 46.8 Å². The fourth-order valence-corrected chi connectivity index (χ4v) is 2.86. The minimum Gasteiger partial charge on any atom is -0.356 e. The van der Waals surface area contributed by atoms with Crippen LogP contribution in [0.1, 0.15) is 17.4 Å². The Balaban J connectivity index is 2.13. The zero-order chi connectivity index (χ0) is 13.7. The molecule has 0 saturated heterocycles. The third-order valence-corrected chi connectivity index (χ3v) is 3.90. The number of rotatable bonds is 4. The van der Waals surface area contributed by atoms with Gasteiger partial charge in [0, 0.05) is 28.8 Å². The quantitative estimate of drug-likeness (QED) is 0.928. The van der Waals surface area contributed by atoms with E-state index in [0.717, 1.165) is 16.9 Å². The van der Waals surface area contributed by atoms with E-state index in [0.29, 0.717) is 12.1 Å². The van der Waals surface area contributed by atoms with Crippen molar-refractivity contribution in [3.8, 4) is 16.5 Å². The molecule has 0 fully saturated rings. The number of amides is 1. The van der Waals surface area contributed by atoms with Gasteiger partial charge in [0.15, 0.2) is 0 Å². The molecular formula is C15H14N2OS. The maximum absolute atomic E-state index is 10.8. The number of carbonyl (C=O) groups excluding carboxylic acids is 1. The van der Waals surface area contributed by atoms with E-state index in [2.05, 4.69) is 17.5 Å². The maximum Gasteiger partial charge on any atom is 0.216 e. The second-order valence-electron chi connectivity index (χ2n) is 4.16. The molecule has 4 heteroatoms. The third kappa shape index (κ3) is 3.43. The van der Waals surface area contributed by atoms with Crippen molar-refractivity contribution in [2.24, 2.45) is 0 Å². The molecular weight excluding hydrogens is 256 g/mol. The van der Waals surface area contributed by atoms with E-state index >= 15 is 0 Å². The summed E-state index contributed by atoms with van der Waals surface area (Å²) in [4.78, 5) is 13.1. The molecule has 1 heterocycles. The molecule has 0 aliphatic heterocycles. The summed E-state index contributed by atoms with van der Waals surface area (Å²) in [6.45, 7) is 2.16. The van der Waals surface area contributed by atoms with Gasteiger partial charge in [-0.05, 0) is 24.6 Å². The van der Waals surface area contributed by atoms with Crippen molar-refractivity contribution in [3.63, 3.8) is 0 Å². The molecule has 19 heavy (non-hydrogen) atoms. The van der Waals surface area contributed by atoms with E-state index in [1.54, 1.807) is 11.3 Å². The largest absolute Gasteiger partial charge is 0.356 e. The first-order valence-corrected chi connectivity index (χ1v) is 6.85. The molecule has 1 N–H and O–H groups in total. The summed E-state index contributed by atoms with van der Waals surface area (Å²) in [5.74, 6) is -0.00777. The molecule has 0 atom stereocenters. The van der Waals surface area contributed by atoms with Crippen LogP contribution in [-0.2, 0) is 11.2 Å². The highest BCUT2D eigenvalue weighted by Gasteiger charge is 2.07. The van der Waals surface area contributed by atoms with Gasteiger partial charge in [-0.15, -0.1) is 11.3 Å². The van der Waals surface area contributed by atoms with Gasteiger partial charge in [0.25, 0.3) is 0 Å². The van der Waals surface area contributed by atoms with Crippen LogP contribution in [0, 0.1) is 11.3 Å². The molecule has 1 amide bonds. The Morgan fingerprint density at radius 3 is 2.84 bits per heavy atom. The number of nitrogens with zero attached hydrogens (tertiary/aromatic N) is 1. The van der Waals surface area contributed by atoms with E-state index in [4.69, 9.17) is 5.26 Å². The lowest BCUT2D eigenvalue weighted by molar-refractivity contribution is -0.118. The lowest BCUT2D eigenvalue weighted by Gasteiger charge is -2.00. The lowest BCUT2D eigenvalue weighted by Crippen LogP contribution is -2.21. The second kappa shape index (κ2) is 6.17. The first-order valence-electron chi connectivity index (χ1n) is 6.03. The molecule has 2 aromatic rings. The van der Waals surface area contributed by atoms with Crippen LogP contribution >= 0.6 is 11.3 Å². The molecule has 96 valence electrons. The summed E-state index contributed by atoms with van der Waals surface area (Å²) >= 11 is 1.66. The Bertz CT molecular complexity index is 625. The van der Waals surface area contributed by atoms with E-state index < -0.39 is 0 Å². The van der Waals surface area contributed by atoms with Crippen LogP contribution in [0.5, 0.6) is 0 Å². The molecule has 1 aromatic carbocycles. The minimum atomic E-state index is -0.00777. The van der Waals surface area contributed by atoms with E-state index in [9.17, 15) is 4.79 Å². The van der Waals surface area contributed by atoms with Gasteiger partial charge in [-0.1, -0.05) is 18.2 Å². The Morgan fingerprint density at radius 1 is 1.32 bits per heavy atom. The van der Waals surface area contributed by atoms with E-state index in [1.165, 1.54) is 11.8 Å². The molecule has 0 unspecified atom stereocenters. The van der Waals surface area contributed by atoms with Gasteiger partial charge in [0.1, 0.15) is 0 Å². The Morgan fingerprint density at radius 2 is 2.11 bits per heavy atom. The molecule has 3 nitrogen and oxygen atoms in total. The number of nitrogens with one attached hydrogen (secondary N) is 1. The van der Waals surface area contributed by atoms with Crippen molar-refractivity contribution >= 4 is 17.2 Å². The number of carbonyl (C=O) groups is 1. The van der Waals surface area contributed by atoms with Gasteiger partial charge in [0.2, 0.25) is 5.91 Å². The summed E-state index contributed by atoms with van der Waals surface area (Å²) < 4.78 is 0. The molecule has 0 aliphatic carbocycles. The van der Waals surface area contributed by atoms with Gasteiger partial charge in [0.05, 0.1) is 11.6 Å². The Hall–Kier alpha value is -2.12. The summed E-state index contributed by atoms with van der Waals surface area (Å²) in [7, 11) is 0. The fraction of sp³-hybridized carbons (Fsp3) is 0.200. The van der Waals surface area contributed by atoms with Crippen molar-refractivity contribution < 1.29 is 4.79 Å².